The molecular weight excluding hydrogens is 1640 g/mol. The molecule has 15 amide bonds. The van der Waals surface area contributed by atoms with Crippen LogP contribution < -0.4 is 103 Å². The first-order valence-electron chi connectivity index (χ1n) is 41.4. The second kappa shape index (κ2) is 53.6. The van der Waals surface area contributed by atoms with Gasteiger partial charge in [-0.3, -0.25) is 86.9 Å². The van der Waals surface area contributed by atoms with E-state index < -0.39 is 259 Å². The number of amides is 15. The highest BCUT2D eigenvalue weighted by atomic mass is 16.4. The van der Waals surface area contributed by atoms with Crippen LogP contribution in [-0.4, -0.2) is 253 Å². The average molecular weight is 1760 g/mol. The van der Waals surface area contributed by atoms with Crippen LogP contribution in [0.3, 0.4) is 0 Å². The summed E-state index contributed by atoms with van der Waals surface area (Å²) in [5, 5.41) is 92.7. The maximum Gasteiger partial charge on any atom is 0.326 e. The number of aliphatic hydroxyl groups excluding tert-OH is 2. The quantitative estimate of drug-likeness (QED) is 0.0143. The number of aromatic nitrogens is 1. The third kappa shape index (κ3) is 36.9. The normalized spacial score (nSPS) is 15.8. The number of hydrogen-bond donors (Lipinski definition) is 26. The number of nitrogens with one attached hydrogen (secondary N) is 16. The number of nitrogens with two attached hydrogens (primary N) is 5. The number of fused-ring (bicyclic) bond motifs is 1. The fourth-order valence-corrected chi connectivity index (χ4v) is 13.0. The predicted octanol–water partition coefficient (Wildman–Crippen LogP) is -4.90. The minimum atomic E-state index is -1.98. The maximum absolute atomic E-state index is 15.2. The Balaban J connectivity index is 2.04. The molecule has 0 unspecified atom stereocenters. The highest BCUT2D eigenvalue weighted by Gasteiger charge is 2.42. The molecule has 0 saturated heterocycles. The fraction of sp³-hybridized carbons (Fsp3) is 0.593. The van der Waals surface area contributed by atoms with Crippen molar-refractivity contribution in [2.24, 2.45) is 52.3 Å². The van der Waals surface area contributed by atoms with Crippen LogP contribution in [0.25, 0.3) is 10.9 Å². The van der Waals surface area contributed by atoms with Gasteiger partial charge in [0.05, 0.1) is 37.5 Å². The van der Waals surface area contributed by atoms with Crippen LogP contribution >= 0.6 is 0 Å². The maximum atomic E-state index is 15.2. The van der Waals surface area contributed by atoms with Gasteiger partial charge in [0.2, 0.25) is 88.6 Å². The van der Waals surface area contributed by atoms with E-state index in [4.69, 9.17) is 34.1 Å². The minimum absolute atomic E-state index is 0.0195. The Bertz CT molecular complexity index is 4210. The van der Waals surface area contributed by atoms with E-state index in [9.17, 15) is 107 Å². The van der Waals surface area contributed by atoms with E-state index in [0.29, 0.717) is 28.5 Å². The molecule has 19 atom stereocenters. The number of rotatable bonds is 58. The van der Waals surface area contributed by atoms with Crippen LogP contribution in [0.1, 0.15) is 170 Å². The third-order valence-corrected chi connectivity index (χ3v) is 20.8. The first-order valence-corrected chi connectivity index (χ1v) is 41.4. The van der Waals surface area contributed by atoms with Crippen molar-refractivity contribution >= 4 is 123 Å². The Hall–Kier alpha value is -12.4. The molecule has 31 N–H and O–H groups in total. The molecule has 3 aromatic rings. The van der Waals surface area contributed by atoms with E-state index >= 15 is 4.79 Å². The Labute approximate surface area is 723 Å². The van der Waals surface area contributed by atoms with E-state index in [1.54, 1.807) is 109 Å². The van der Waals surface area contributed by atoms with Crippen molar-refractivity contribution < 1.29 is 112 Å². The molecule has 3 rings (SSSR count). The second-order valence-electron chi connectivity index (χ2n) is 31.5. The summed E-state index contributed by atoms with van der Waals surface area (Å²) in [6.45, 7) is 15.4. The van der Waals surface area contributed by atoms with Gasteiger partial charge in [-0.25, -0.2) is 4.79 Å². The third-order valence-electron chi connectivity index (χ3n) is 20.8. The summed E-state index contributed by atoms with van der Waals surface area (Å²) in [6.07, 6.45) is -5.71. The molecule has 0 radical (unpaired) electrons. The Morgan fingerprint density at radius 1 is 0.408 bits per heavy atom. The molecule has 0 aliphatic rings. The van der Waals surface area contributed by atoms with Crippen molar-refractivity contribution in [1.29, 1.82) is 5.41 Å². The van der Waals surface area contributed by atoms with Gasteiger partial charge in [0.15, 0.2) is 5.96 Å². The van der Waals surface area contributed by atoms with Crippen LogP contribution in [0.15, 0.2) is 60.8 Å². The number of aliphatic hydroxyl groups is 2. The topological polar surface area (TPSA) is 747 Å². The summed E-state index contributed by atoms with van der Waals surface area (Å²) in [6, 6.07) is -8.62. The van der Waals surface area contributed by atoms with E-state index in [0.717, 1.165) is 13.8 Å². The molecule has 0 fully saturated rings. The number of aliphatic carboxylic acids is 3. The number of para-hydroxylation sites is 1. The molecule has 44 nitrogen and oxygen atoms in total. The Morgan fingerprint density at radius 2 is 0.792 bits per heavy atom. The number of carboxylic acids is 3. The van der Waals surface area contributed by atoms with Gasteiger partial charge in [0, 0.05) is 42.9 Å². The lowest BCUT2D eigenvalue weighted by molar-refractivity contribution is -0.148. The van der Waals surface area contributed by atoms with E-state index in [1.807, 2.05) is 5.32 Å². The smallest absolute Gasteiger partial charge is 0.326 e. The molecule has 0 aliphatic heterocycles. The summed E-state index contributed by atoms with van der Waals surface area (Å²) in [5.41, 5.74) is 29.9. The number of primary amides is 2. The lowest BCUT2D eigenvalue weighted by Gasteiger charge is -2.31. The summed E-state index contributed by atoms with van der Waals surface area (Å²) in [7, 11) is 0. The predicted molar refractivity (Wildman–Crippen MR) is 453 cm³/mol. The molecule has 0 spiro atoms. The number of benzene rings is 2. The van der Waals surface area contributed by atoms with Crippen molar-refractivity contribution in [2.75, 3.05) is 13.1 Å². The van der Waals surface area contributed by atoms with Gasteiger partial charge in [-0.1, -0.05) is 123 Å². The Morgan fingerprint density at radius 3 is 1.26 bits per heavy atom. The molecule has 2 aromatic carbocycles. The molecule has 1 heterocycles. The first-order chi connectivity index (χ1) is 58.8. The standard InChI is InChI=1S/C81H127N21O23/c1-11-40(6)62(75(119)91-51(28-29-58(84)105)69(113)101-65(43(9)103)78(122)90-50(27-19-20-30-82)68(112)98-64(42(8)13-3)77(121)102-66(44(10)104)79(123)97-57(80(124)125)37-61(109)110)99-73(117)52(32-39(4)5)93-70(114)54(34-46-38-89-49-26-18-17-24-47(46)49)95-71(115)55(35-59(85)106)96-76(120)63(41(7)12-2)100-74(118)53(33-45-22-15-14-16-23-45)94-72(116)56(36-60(107)108)92-67(111)48(83)25-21-31-88-81(86)87/h14-18,22-24,26,38-44,48,50-57,62-66,89,103-104H,11-13,19-21,25,27-37,82-83H2,1-10H3,(H2,84,105)(H2,85,106)(H,90,122)(H,91,119)(H,92,111)(H,93,114)(H,94,116)(H,95,115)(H,96,120)(H,97,123)(H,98,112)(H,99,117)(H,100,118)(H,101,113)(H,102,121)(H,107,108)(H,109,110)(H,124,125)(H4,86,87,88)/t40-,41-,42-,43+,44+,48-,50-,51-,52-,53-,54-,55-,56-,57-,62-,63-,64-,65-,66-/m0/s1. The zero-order chi connectivity index (χ0) is 94.2. The highest BCUT2D eigenvalue weighted by Crippen LogP contribution is 2.22. The van der Waals surface area contributed by atoms with Crippen molar-refractivity contribution in [3.05, 3.63) is 71.9 Å². The molecule has 125 heavy (non-hydrogen) atoms. The van der Waals surface area contributed by atoms with Gasteiger partial charge in [0.25, 0.3) is 0 Å². The Kier molecular flexibility index (Phi) is 45.7. The summed E-state index contributed by atoms with van der Waals surface area (Å²) in [4.78, 5) is 251. The van der Waals surface area contributed by atoms with E-state index in [-0.39, 0.29) is 83.3 Å². The van der Waals surface area contributed by atoms with Crippen LogP contribution in [0, 0.1) is 29.1 Å². The van der Waals surface area contributed by atoms with Gasteiger partial charge in [0.1, 0.15) is 78.5 Å². The first kappa shape index (κ1) is 107. The monoisotopic (exact) mass is 1760 g/mol. The van der Waals surface area contributed by atoms with Gasteiger partial charge in [-0.05, 0) is 106 Å². The van der Waals surface area contributed by atoms with E-state index in [2.05, 4.69) is 74.1 Å². The number of H-pyrrole nitrogens is 1. The van der Waals surface area contributed by atoms with Gasteiger partial charge >= 0.3 is 17.9 Å². The molecular formula is C81H127N21O23. The lowest BCUT2D eigenvalue weighted by Crippen LogP contribution is -2.63. The molecule has 1 aromatic heterocycles. The largest absolute Gasteiger partial charge is 0.481 e. The van der Waals surface area contributed by atoms with E-state index in [1.165, 1.54) is 6.92 Å². The van der Waals surface area contributed by atoms with Crippen molar-refractivity contribution in [1.82, 2.24) is 79.4 Å². The molecule has 694 valence electrons. The minimum Gasteiger partial charge on any atom is -0.481 e. The summed E-state index contributed by atoms with van der Waals surface area (Å²) >= 11 is 0. The fourth-order valence-electron chi connectivity index (χ4n) is 13.0. The van der Waals surface area contributed by atoms with Crippen LogP contribution in [0.2, 0.25) is 0 Å². The molecule has 0 bridgehead atoms. The van der Waals surface area contributed by atoms with Crippen LogP contribution in [0.5, 0.6) is 0 Å². The number of carbonyl (C=O) groups excluding carboxylic acids is 15. The average Bonchev–Trinajstić information content (AvgIpc) is 1.70. The summed E-state index contributed by atoms with van der Waals surface area (Å²) < 4.78 is 0. The summed E-state index contributed by atoms with van der Waals surface area (Å²) in [5.74, 6) is -24.2. The van der Waals surface area contributed by atoms with Crippen LogP contribution in [-0.2, 0) is 99.1 Å². The van der Waals surface area contributed by atoms with Crippen molar-refractivity contribution in [3.63, 3.8) is 0 Å². The number of guanidine groups is 1. The highest BCUT2D eigenvalue weighted by molar-refractivity contribution is 6.02. The van der Waals surface area contributed by atoms with Crippen LogP contribution in [0.4, 0.5) is 0 Å². The lowest BCUT2D eigenvalue weighted by atomic mass is 9.95. The van der Waals surface area contributed by atoms with Crippen molar-refractivity contribution in [2.45, 2.75) is 269 Å². The van der Waals surface area contributed by atoms with Crippen molar-refractivity contribution in [3.8, 4) is 0 Å². The molecule has 0 aliphatic carbocycles. The van der Waals surface area contributed by atoms with Gasteiger partial charge in [-0.2, -0.15) is 0 Å². The number of aromatic amines is 1. The molecule has 0 saturated carbocycles. The molecule has 44 heteroatoms. The SMILES string of the molecule is CC[C@H](C)[C@H](NC(=O)[C@H](Cc1ccccc1)NC(=O)[C@H](CC(=O)O)NC(=O)[C@@H](N)CCCNC(=N)N)C(=O)N[C@@H](CC(N)=O)C(=O)N[C@@H](Cc1c[nH]c2ccccc12)C(=O)N[C@@H](CC(C)C)C(=O)N[C@H](C(=O)N[C@@H](CCC(N)=O)C(=O)N[C@H](C(=O)N[C@@H](CCCCN)C(=O)N[C@H](C(=O)N[C@H](C(=O)N[C@@H](CC(=O)O)C(=O)O)[C@@H](C)O)[C@@H](C)CC)[C@@H](C)O)[C@@H](C)CC. The number of carboxylic acid groups (broad SMARTS) is 3. The van der Waals surface area contributed by atoms with Gasteiger partial charge in [-0.15, -0.1) is 0 Å². The number of unbranched alkanes of at least 4 members (excludes halogenated alkanes) is 1. The number of carbonyl (C=O) groups is 18. The number of hydrogen-bond acceptors (Lipinski definition) is 23. The zero-order valence-corrected chi connectivity index (χ0v) is 72.0. The second-order valence-corrected chi connectivity index (χ2v) is 31.5. The zero-order valence-electron chi connectivity index (χ0n) is 72.0. The van der Waals surface area contributed by atoms with Gasteiger partial charge < -0.3 is 134 Å².